The maximum absolute atomic E-state index is 13.5. The molecule has 0 spiro atoms. The number of fused-ring (bicyclic) bond motifs is 1. The van der Waals surface area contributed by atoms with Gasteiger partial charge in [-0.2, -0.15) is 0 Å². The number of likely N-dealkylation sites (tertiary alicyclic amines) is 1. The molecule has 1 saturated heterocycles. The second-order valence-corrected chi connectivity index (χ2v) is 8.19. The van der Waals surface area contributed by atoms with Gasteiger partial charge in [-0.15, -0.1) is 0 Å². The Morgan fingerprint density at radius 3 is 2.61 bits per heavy atom. The number of phenols is 1. The van der Waals surface area contributed by atoms with Gasteiger partial charge in [0.1, 0.15) is 17.1 Å². The zero-order valence-corrected chi connectivity index (χ0v) is 18.5. The van der Waals surface area contributed by atoms with Gasteiger partial charge in [-0.05, 0) is 63.1 Å². The highest BCUT2D eigenvalue weighted by Crippen LogP contribution is 2.35. The molecule has 1 N–H and O–H groups in total. The van der Waals surface area contributed by atoms with Gasteiger partial charge in [0.2, 0.25) is 5.43 Å². The van der Waals surface area contributed by atoms with E-state index in [9.17, 15) is 9.90 Å². The van der Waals surface area contributed by atoms with Gasteiger partial charge >= 0.3 is 0 Å². The zero-order chi connectivity index (χ0) is 22.1. The highest BCUT2D eigenvalue weighted by molar-refractivity contribution is 5.87. The molecule has 6 nitrogen and oxygen atoms in total. The van der Waals surface area contributed by atoms with Crippen LogP contribution in [-0.4, -0.2) is 36.8 Å². The molecule has 0 unspecified atom stereocenters. The van der Waals surface area contributed by atoms with Crippen LogP contribution in [-0.2, 0) is 6.54 Å². The van der Waals surface area contributed by atoms with E-state index >= 15 is 0 Å². The van der Waals surface area contributed by atoms with E-state index in [1.165, 1.54) is 6.42 Å². The summed E-state index contributed by atoms with van der Waals surface area (Å²) < 4.78 is 16.9. The van der Waals surface area contributed by atoms with Crippen molar-refractivity contribution in [2.45, 2.75) is 45.7 Å². The fourth-order valence-corrected chi connectivity index (χ4v) is 4.49. The van der Waals surface area contributed by atoms with E-state index in [1.54, 1.807) is 45.4 Å². The summed E-state index contributed by atoms with van der Waals surface area (Å²) in [6.45, 7) is 5.52. The molecule has 2 heterocycles. The Morgan fingerprint density at radius 2 is 1.90 bits per heavy atom. The molecular formula is C25H29NO5. The summed E-state index contributed by atoms with van der Waals surface area (Å²) in [6.07, 6.45) is 3.50. The van der Waals surface area contributed by atoms with Crippen LogP contribution in [0.5, 0.6) is 17.2 Å². The van der Waals surface area contributed by atoms with Crippen LogP contribution in [0.2, 0.25) is 0 Å². The van der Waals surface area contributed by atoms with Gasteiger partial charge in [-0.1, -0.05) is 12.5 Å². The number of methoxy groups -OCH3 is 2. The molecule has 31 heavy (non-hydrogen) atoms. The van der Waals surface area contributed by atoms with Crippen molar-refractivity contribution in [1.29, 1.82) is 0 Å². The fraction of sp³-hybridized carbons (Fsp3) is 0.400. The molecule has 0 aliphatic carbocycles. The first-order valence-electron chi connectivity index (χ1n) is 10.7. The molecule has 164 valence electrons. The van der Waals surface area contributed by atoms with Crippen molar-refractivity contribution in [1.82, 2.24) is 4.90 Å². The maximum atomic E-state index is 13.5. The lowest BCUT2D eigenvalue weighted by Gasteiger charge is -2.33. The van der Waals surface area contributed by atoms with E-state index < -0.39 is 0 Å². The van der Waals surface area contributed by atoms with E-state index in [0.717, 1.165) is 19.4 Å². The van der Waals surface area contributed by atoms with Crippen LogP contribution in [0.25, 0.3) is 22.1 Å². The summed E-state index contributed by atoms with van der Waals surface area (Å²) in [7, 11) is 3.14. The topological polar surface area (TPSA) is 72.1 Å². The summed E-state index contributed by atoms with van der Waals surface area (Å²) >= 11 is 0. The van der Waals surface area contributed by atoms with Gasteiger partial charge in [0, 0.05) is 12.6 Å². The number of nitrogens with zero attached hydrogens (tertiary/aromatic N) is 1. The third kappa shape index (κ3) is 3.88. The number of aromatic hydroxyl groups is 1. The highest BCUT2D eigenvalue weighted by atomic mass is 16.5. The minimum absolute atomic E-state index is 0.126. The number of rotatable bonds is 5. The molecule has 0 radical (unpaired) electrons. The summed E-state index contributed by atoms with van der Waals surface area (Å²) in [6, 6.07) is 9.05. The normalized spacial score (nSPS) is 17.1. The molecule has 1 atom stereocenters. The Labute approximate surface area is 182 Å². The Kier molecular flexibility index (Phi) is 5.92. The summed E-state index contributed by atoms with van der Waals surface area (Å²) in [5.41, 5.74) is 2.19. The maximum Gasteiger partial charge on any atom is 0.200 e. The largest absolute Gasteiger partial charge is 0.507 e. The van der Waals surface area contributed by atoms with E-state index in [4.69, 9.17) is 13.9 Å². The van der Waals surface area contributed by atoms with Gasteiger partial charge < -0.3 is 19.0 Å². The smallest absolute Gasteiger partial charge is 0.200 e. The summed E-state index contributed by atoms with van der Waals surface area (Å²) in [4.78, 5) is 15.8. The SMILES string of the molecule is COc1ccc(-c2c(C)oc3c(CN4CCCC[C@@H]4C)c(O)ccc3c2=O)cc1OC. The molecule has 0 bridgehead atoms. The number of piperidine rings is 1. The van der Waals surface area contributed by atoms with Gasteiger partial charge in [0.05, 0.1) is 30.7 Å². The van der Waals surface area contributed by atoms with Crippen molar-refractivity contribution in [3.63, 3.8) is 0 Å². The van der Waals surface area contributed by atoms with Crippen LogP contribution in [0.1, 0.15) is 37.5 Å². The first kappa shape index (κ1) is 21.2. The lowest BCUT2D eigenvalue weighted by molar-refractivity contribution is 0.151. The monoisotopic (exact) mass is 423 g/mol. The summed E-state index contributed by atoms with van der Waals surface area (Å²) in [5.74, 6) is 1.80. The molecule has 0 saturated carbocycles. The van der Waals surface area contributed by atoms with Gasteiger partial charge in [0.25, 0.3) is 0 Å². The molecular weight excluding hydrogens is 394 g/mol. The van der Waals surface area contributed by atoms with Crippen LogP contribution < -0.4 is 14.9 Å². The van der Waals surface area contributed by atoms with Crippen LogP contribution in [0.15, 0.2) is 39.5 Å². The van der Waals surface area contributed by atoms with E-state index in [2.05, 4.69) is 11.8 Å². The molecule has 1 aromatic heterocycles. The Bertz CT molecular complexity index is 1170. The highest BCUT2D eigenvalue weighted by Gasteiger charge is 2.23. The quantitative estimate of drug-likeness (QED) is 0.632. The number of aryl methyl sites for hydroxylation is 1. The van der Waals surface area contributed by atoms with Crippen LogP contribution in [0, 0.1) is 6.92 Å². The van der Waals surface area contributed by atoms with E-state index in [1.807, 2.05) is 6.07 Å². The van der Waals surface area contributed by atoms with Crippen molar-refractivity contribution in [3.05, 3.63) is 51.9 Å². The van der Waals surface area contributed by atoms with Crippen LogP contribution >= 0.6 is 0 Å². The summed E-state index contributed by atoms with van der Waals surface area (Å²) in [5, 5.41) is 11.1. The number of ether oxygens (including phenoxy) is 2. The lowest BCUT2D eigenvalue weighted by atomic mass is 9.99. The standard InChI is InChI=1S/C25H29NO5/c1-15-7-5-6-12-26(15)14-19-20(27)10-9-18-24(28)23(16(2)31-25(18)19)17-8-11-21(29-3)22(13-17)30-4/h8-11,13,15,27H,5-7,12,14H2,1-4H3/t15-/m0/s1. The van der Waals surface area contributed by atoms with Crippen molar-refractivity contribution in [2.75, 3.05) is 20.8 Å². The zero-order valence-electron chi connectivity index (χ0n) is 18.5. The van der Waals surface area contributed by atoms with Crippen molar-refractivity contribution < 1.29 is 19.0 Å². The minimum Gasteiger partial charge on any atom is -0.507 e. The fourth-order valence-electron chi connectivity index (χ4n) is 4.49. The Balaban J connectivity index is 1.85. The van der Waals surface area contributed by atoms with E-state index in [0.29, 0.717) is 57.5 Å². The van der Waals surface area contributed by atoms with Crippen LogP contribution in [0.3, 0.4) is 0 Å². The average Bonchev–Trinajstić information content (AvgIpc) is 2.77. The van der Waals surface area contributed by atoms with Crippen molar-refractivity contribution >= 4 is 11.0 Å². The van der Waals surface area contributed by atoms with Gasteiger partial charge in [-0.25, -0.2) is 0 Å². The number of benzene rings is 2. The molecule has 1 aliphatic heterocycles. The first-order valence-corrected chi connectivity index (χ1v) is 10.7. The number of hydrogen-bond donors (Lipinski definition) is 1. The van der Waals surface area contributed by atoms with Crippen molar-refractivity contribution in [2.24, 2.45) is 0 Å². The number of hydrogen-bond acceptors (Lipinski definition) is 6. The second kappa shape index (κ2) is 8.63. The third-order valence-corrected chi connectivity index (χ3v) is 6.29. The molecule has 0 amide bonds. The average molecular weight is 424 g/mol. The van der Waals surface area contributed by atoms with Crippen molar-refractivity contribution in [3.8, 4) is 28.4 Å². The van der Waals surface area contributed by atoms with Gasteiger partial charge in [0.15, 0.2) is 11.5 Å². The molecule has 6 heteroatoms. The Morgan fingerprint density at radius 1 is 1.13 bits per heavy atom. The number of phenolic OH excluding ortho intramolecular Hbond substituents is 1. The molecule has 2 aromatic carbocycles. The van der Waals surface area contributed by atoms with Crippen LogP contribution in [0.4, 0.5) is 0 Å². The second-order valence-electron chi connectivity index (χ2n) is 8.19. The van der Waals surface area contributed by atoms with E-state index in [-0.39, 0.29) is 11.2 Å². The third-order valence-electron chi connectivity index (χ3n) is 6.29. The molecule has 3 aromatic rings. The first-order chi connectivity index (χ1) is 14.9. The Hall–Kier alpha value is -2.99. The molecule has 4 rings (SSSR count). The minimum atomic E-state index is -0.126. The predicted octanol–water partition coefficient (Wildman–Crippen LogP) is 4.87. The van der Waals surface area contributed by atoms with Gasteiger partial charge in [-0.3, -0.25) is 9.69 Å². The predicted molar refractivity (Wildman–Crippen MR) is 121 cm³/mol. The molecule has 1 aliphatic rings. The molecule has 1 fully saturated rings. The lowest BCUT2D eigenvalue weighted by Crippen LogP contribution is -2.36.